The summed E-state index contributed by atoms with van der Waals surface area (Å²) >= 11 is 0. The van der Waals surface area contributed by atoms with E-state index in [9.17, 15) is 14.0 Å². The minimum absolute atomic E-state index is 0.137. The van der Waals surface area contributed by atoms with Crippen LogP contribution in [0.2, 0.25) is 0 Å². The van der Waals surface area contributed by atoms with E-state index >= 15 is 0 Å². The molecule has 0 fully saturated rings. The normalized spacial score (nSPS) is 16.8. The maximum absolute atomic E-state index is 13.0. The monoisotopic (exact) mass is 245 g/mol. The van der Waals surface area contributed by atoms with Gasteiger partial charge in [0.05, 0.1) is 5.57 Å². The van der Waals surface area contributed by atoms with E-state index in [1.807, 2.05) is 0 Å². The van der Waals surface area contributed by atoms with Gasteiger partial charge in [0.1, 0.15) is 0 Å². The Morgan fingerprint density at radius 3 is 2.82 bits per heavy atom. The van der Waals surface area contributed by atoms with Gasteiger partial charge in [-0.15, -0.1) is 0 Å². The Kier molecular flexibility index (Phi) is 4.93. The van der Waals surface area contributed by atoms with Gasteiger partial charge in [0.2, 0.25) is 6.36 Å². The van der Waals surface area contributed by atoms with Crippen molar-refractivity contribution in [2.24, 2.45) is 0 Å². The predicted octanol–water partition coefficient (Wildman–Crippen LogP) is 2.33. The van der Waals surface area contributed by atoms with Crippen molar-refractivity contribution in [2.75, 3.05) is 0 Å². The van der Waals surface area contributed by atoms with Crippen LogP contribution in [0.25, 0.3) is 0 Å². The van der Waals surface area contributed by atoms with Gasteiger partial charge in [-0.1, -0.05) is 6.92 Å². The molecule has 1 unspecified atom stereocenters. The Balaban J connectivity index is 2.51. The lowest BCUT2D eigenvalue weighted by molar-refractivity contribution is -0.132. The van der Waals surface area contributed by atoms with Crippen LogP contribution in [0.3, 0.4) is 0 Å². The lowest BCUT2D eigenvalue weighted by atomic mass is 10.2. The highest BCUT2D eigenvalue weighted by molar-refractivity contribution is 5.89. The average molecular weight is 245 g/mol. The maximum Gasteiger partial charge on any atom is 0.413 e. The van der Waals surface area contributed by atoms with Gasteiger partial charge < -0.3 is 9.84 Å². The van der Waals surface area contributed by atoms with Gasteiger partial charge in [-0.05, 0) is 25.7 Å². The molecule has 2 N–H and O–H groups in total. The number of ether oxygens (including phenoxy) is 1. The van der Waals surface area contributed by atoms with Crippen LogP contribution in [-0.2, 0) is 9.53 Å². The minimum atomic E-state index is -1.64. The van der Waals surface area contributed by atoms with Crippen molar-refractivity contribution in [1.82, 2.24) is 5.32 Å². The van der Waals surface area contributed by atoms with Gasteiger partial charge in [-0.25, -0.2) is 14.0 Å². The zero-order valence-corrected chi connectivity index (χ0v) is 9.66. The summed E-state index contributed by atoms with van der Waals surface area (Å²) in [4.78, 5) is 22.0. The van der Waals surface area contributed by atoms with Crippen LogP contribution in [0.1, 0.15) is 39.0 Å². The van der Waals surface area contributed by atoms with E-state index in [-0.39, 0.29) is 12.0 Å². The number of alkyl carbamates (subject to hydrolysis) is 1. The molecule has 96 valence electrons. The summed E-state index contributed by atoms with van der Waals surface area (Å²) in [6.45, 7) is 1.77. The number of rotatable bonds is 5. The molecule has 0 radical (unpaired) electrons. The van der Waals surface area contributed by atoms with Crippen LogP contribution in [-0.4, -0.2) is 23.5 Å². The molecule has 0 bridgehead atoms. The summed E-state index contributed by atoms with van der Waals surface area (Å²) in [5.41, 5.74) is 0.499. The Labute approximate surface area is 98.6 Å². The number of hydrogen-bond donors (Lipinski definition) is 2. The summed E-state index contributed by atoms with van der Waals surface area (Å²) in [5, 5.41) is 11.1. The fraction of sp³-hybridized carbons (Fsp3) is 0.636. The minimum Gasteiger partial charge on any atom is -0.478 e. The first-order valence-electron chi connectivity index (χ1n) is 5.61. The zero-order valence-electron chi connectivity index (χ0n) is 9.66. The molecule has 0 aromatic rings. The van der Waals surface area contributed by atoms with Crippen LogP contribution in [0.5, 0.6) is 0 Å². The Hall–Kier alpha value is -1.59. The number of amides is 1. The SMILES string of the molecule is CCCC(F)OC(=O)NC1=C(C(=O)O)CCC1. The van der Waals surface area contributed by atoms with E-state index in [2.05, 4.69) is 10.1 Å². The molecule has 0 saturated carbocycles. The van der Waals surface area contributed by atoms with Crippen molar-refractivity contribution in [1.29, 1.82) is 0 Å². The van der Waals surface area contributed by atoms with Crippen LogP contribution in [0.4, 0.5) is 9.18 Å². The number of carboxylic acids is 1. The topological polar surface area (TPSA) is 75.6 Å². The molecule has 0 saturated heterocycles. The van der Waals surface area contributed by atoms with Crippen molar-refractivity contribution in [3.05, 3.63) is 11.3 Å². The van der Waals surface area contributed by atoms with Crippen molar-refractivity contribution >= 4 is 12.1 Å². The molecule has 0 aromatic carbocycles. The van der Waals surface area contributed by atoms with E-state index < -0.39 is 18.4 Å². The predicted molar refractivity (Wildman–Crippen MR) is 57.9 cm³/mol. The molecule has 17 heavy (non-hydrogen) atoms. The summed E-state index contributed by atoms with van der Waals surface area (Å²) in [5.74, 6) is -1.05. The number of alkyl halides is 1. The molecule has 0 aromatic heterocycles. The second kappa shape index (κ2) is 6.22. The molecule has 6 heteroatoms. The molecule has 1 rings (SSSR count). The quantitative estimate of drug-likeness (QED) is 0.779. The van der Waals surface area contributed by atoms with Gasteiger partial charge >= 0.3 is 12.1 Å². The van der Waals surface area contributed by atoms with E-state index in [1.165, 1.54) is 0 Å². The number of carbonyl (C=O) groups excluding carboxylic acids is 1. The second-order valence-electron chi connectivity index (χ2n) is 3.84. The Morgan fingerprint density at radius 2 is 2.24 bits per heavy atom. The number of nitrogens with one attached hydrogen (secondary N) is 1. The average Bonchev–Trinajstić information content (AvgIpc) is 2.65. The first kappa shape index (κ1) is 13.5. The number of hydrogen-bond acceptors (Lipinski definition) is 3. The molecule has 0 aliphatic heterocycles. The number of aliphatic carboxylic acids is 1. The third-order valence-corrected chi connectivity index (χ3v) is 2.48. The molecule has 0 heterocycles. The smallest absolute Gasteiger partial charge is 0.413 e. The van der Waals surface area contributed by atoms with Crippen molar-refractivity contribution in [3.63, 3.8) is 0 Å². The van der Waals surface area contributed by atoms with E-state index in [0.29, 0.717) is 31.4 Å². The lowest BCUT2D eigenvalue weighted by Gasteiger charge is -2.11. The largest absolute Gasteiger partial charge is 0.478 e. The lowest BCUT2D eigenvalue weighted by Crippen LogP contribution is -2.27. The van der Waals surface area contributed by atoms with Crippen molar-refractivity contribution in [3.8, 4) is 0 Å². The fourth-order valence-electron chi connectivity index (χ4n) is 1.67. The molecular formula is C11H16FNO4. The number of carbonyl (C=O) groups is 2. The Morgan fingerprint density at radius 1 is 1.53 bits per heavy atom. The first-order chi connectivity index (χ1) is 8.04. The number of allylic oxidation sites excluding steroid dienone is 1. The van der Waals surface area contributed by atoms with Gasteiger partial charge in [0.25, 0.3) is 0 Å². The molecule has 1 atom stereocenters. The highest BCUT2D eigenvalue weighted by Gasteiger charge is 2.23. The maximum atomic E-state index is 13.0. The summed E-state index contributed by atoms with van der Waals surface area (Å²) < 4.78 is 17.4. The van der Waals surface area contributed by atoms with Gasteiger partial charge in [0.15, 0.2) is 0 Å². The van der Waals surface area contributed by atoms with Crippen LogP contribution >= 0.6 is 0 Å². The van der Waals surface area contributed by atoms with Gasteiger partial charge in [-0.2, -0.15) is 0 Å². The number of carboxylic acid groups (broad SMARTS) is 1. The molecule has 1 aliphatic rings. The van der Waals surface area contributed by atoms with Crippen molar-refractivity contribution in [2.45, 2.75) is 45.4 Å². The van der Waals surface area contributed by atoms with Gasteiger partial charge in [0, 0.05) is 12.1 Å². The highest BCUT2D eigenvalue weighted by Crippen LogP contribution is 2.24. The fourth-order valence-corrected chi connectivity index (χ4v) is 1.67. The first-order valence-corrected chi connectivity index (χ1v) is 5.61. The van der Waals surface area contributed by atoms with Crippen LogP contribution in [0, 0.1) is 0 Å². The zero-order chi connectivity index (χ0) is 12.8. The molecule has 5 nitrogen and oxygen atoms in total. The molecule has 1 amide bonds. The highest BCUT2D eigenvalue weighted by atomic mass is 19.1. The summed E-state index contributed by atoms with van der Waals surface area (Å²) in [6, 6.07) is 0. The molecular weight excluding hydrogens is 229 g/mol. The summed E-state index contributed by atoms with van der Waals surface area (Å²) in [7, 11) is 0. The van der Waals surface area contributed by atoms with Crippen LogP contribution < -0.4 is 5.32 Å². The number of halogens is 1. The molecule has 1 aliphatic carbocycles. The Bertz CT molecular complexity index is 340. The summed E-state index contributed by atoms with van der Waals surface area (Å²) in [6.07, 6.45) is -0.307. The van der Waals surface area contributed by atoms with Gasteiger partial charge in [-0.3, -0.25) is 5.32 Å². The van der Waals surface area contributed by atoms with E-state index in [1.54, 1.807) is 6.92 Å². The van der Waals surface area contributed by atoms with Crippen molar-refractivity contribution < 1.29 is 23.8 Å². The third-order valence-electron chi connectivity index (χ3n) is 2.48. The second-order valence-corrected chi connectivity index (χ2v) is 3.84. The van der Waals surface area contributed by atoms with E-state index in [4.69, 9.17) is 5.11 Å². The standard InChI is InChI=1S/C11H16FNO4/c1-2-4-9(12)17-11(16)13-8-6-3-5-7(8)10(14)15/h9H,2-6H2,1H3,(H,13,16)(H,14,15). The van der Waals surface area contributed by atoms with Crippen LogP contribution in [0.15, 0.2) is 11.3 Å². The molecule has 0 spiro atoms. The van der Waals surface area contributed by atoms with E-state index in [0.717, 1.165) is 0 Å². The third kappa shape index (κ3) is 4.05.